The Morgan fingerprint density at radius 2 is 1.92 bits per heavy atom. The van der Waals surface area contributed by atoms with E-state index >= 15 is 0 Å². The monoisotopic (exact) mass is 365 g/mol. The molecule has 1 aliphatic heterocycles. The molecule has 0 atom stereocenters. The quantitative estimate of drug-likeness (QED) is 0.570. The van der Waals surface area contributed by atoms with Crippen LogP contribution in [0.2, 0.25) is 5.02 Å². The zero-order valence-corrected chi connectivity index (χ0v) is 14.6. The molecule has 0 aliphatic carbocycles. The van der Waals surface area contributed by atoms with Gasteiger partial charge in [-0.1, -0.05) is 17.5 Å². The molecule has 0 spiro atoms. The van der Waals surface area contributed by atoms with Gasteiger partial charge in [-0.15, -0.1) is 0 Å². The normalized spacial score (nSPS) is 12.7. The summed E-state index contributed by atoms with van der Waals surface area (Å²) in [6, 6.07) is 11.4. The first-order valence-electron chi connectivity index (χ1n) is 7.92. The van der Waals surface area contributed by atoms with Gasteiger partial charge in [-0.2, -0.15) is 0 Å². The lowest BCUT2D eigenvalue weighted by molar-refractivity contribution is 0.0787. The highest BCUT2D eigenvalue weighted by Gasteiger charge is 2.26. The van der Waals surface area contributed by atoms with E-state index in [-0.39, 0.29) is 5.91 Å². The van der Waals surface area contributed by atoms with Crippen molar-refractivity contribution in [2.75, 3.05) is 7.05 Å². The van der Waals surface area contributed by atoms with Crippen molar-refractivity contribution in [2.45, 2.75) is 6.54 Å². The molecule has 0 saturated heterocycles. The van der Waals surface area contributed by atoms with Crippen LogP contribution in [0.25, 0.3) is 5.69 Å². The molecule has 6 heteroatoms. The minimum atomic E-state index is -0.447. The summed E-state index contributed by atoms with van der Waals surface area (Å²) in [5.41, 5.74) is 3.09. The molecule has 128 valence electrons. The van der Waals surface area contributed by atoms with Crippen molar-refractivity contribution in [3.05, 3.63) is 82.1 Å². The SMILES string of the molecule is CN1Cc2c(C#Cc3ccc(Cl)cc3)ncn2-c2ccc(F)cc2C1=O. The van der Waals surface area contributed by atoms with Crippen LogP contribution in [0.1, 0.15) is 27.3 Å². The fourth-order valence-corrected chi connectivity index (χ4v) is 3.02. The number of fused-ring (bicyclic) bond motifs is 3. The molecule has 1 amide bonds. The lowest BCUT2D eigenvalue weighted by Gasteiger charge is -2.13. The highest BCUT2D eigenvalue weighted by atomic mass is 35.5. The van der Waals surface area contributed by atoms with E-state index in [1.54, 1.807) is 36.1 Å². The average Bonchev–Trinajstić information content (AvgIpc) is 2.98. The molecule has 0 bridgehead atoms. The molecule has 1 aliphatic rings. The van der Waals surface area contributed by atoms with E-state index in [9.17, 15) is 9.18 Å². The maximum absolute atomic E-state index is 13.6. The van der Waals surface area contributed by atoms with Crippen molar-refractivity contribution in [1.29, 1.82) is 0 Å². The number of hydrogen-bond donors (Lipinski definition) is 0. The summed E-state index contributed by atoms with van der Waals surface area (Å²) < 4.78 is 15.4. The summed E-state index contributed by atoms with van der Waals surface area (Å²) in [6.45, 7) is 0.333. The van der Waals surface area contributed by atoms with Gasteiger partial charge in [0.05, 0.1) is 23.5 Å². The number of hydrogen-bond acceptors (Lipinski definition) is 2. The lowest BCUT2D eigenvalue weighted by Crippen LogP contribution is -2.25. The van der Waals surface area contributed by atoms with E-state index in [1.165, 1.54) is 17.0 Å². The number of carbonyl (C=O) groups is 1. The summed E-state index contributed by atoms with van der Waals surface area (Å²) in [7, 11) is 1.68. The maximum atomic E-state index is 13.6. The van der Waals surface area contributed by atoms with Crippen LogP contribution < -0.4 is 0 Å². The first kappa shape index (κ1) is 16.4. The number of imidazole rings is 1. The molecule has 4 rings (SSSR count). The highest BCUT2D eigenvalue weighted by molar-refractivity contribution is 6.30. The van der Waals surface area contributed by atoms with Gasteiger partial charge >= 0.3 is 0 Å². The van der Waals surface area contributed by atoms with Crippen molar-refractivity contribution in [3.63, 3.8) is 0 Å². The Kier molecular flexibility index (Phi) is 3.98. The van der Waals surface area contributed by atoms with E-state index in [1.807, 2.05) is 12.1 Å². The van der Waals surface area contributed by atoms with Crippen LogP contribution in [0, 0.1) is 17.7 Å². The fraction of sp³-hybridized carbons (Fsp3) is 0.100. The van der Waals surface area contributed by atoms with Crippen LogP contribution in [-0.4, -0.2) is 27.4 Å². The van der Waals surface area contributed by atoms with Gasteiger partial charge in [-0.05, 0) is 48.4 Å². The number of rotatable bonds is 0. The van der Waals surface area contributed by atoms with Crippen LogP contribution in [-0.2, 0) is 6.54 Å². The highest BCUT2D eigenvalue weighted by Crippen LogP contribution is 2.26. The standard InChI is InChI=1S/C20H13ClFN3O/c1-24-11-19-17(8-4-13-2-5-14(21)6-3-13)23-12-25(19)18-9-7-15(22)10-16(18)20(24)26/h2-3,5-7,9-10,12H,11H2,1H3. The van der Waals surface area contributed by atoms with Gasteiger partial charge in [0, 0.05) is 17.6 Å². The Morgan fingerprint density at radius 1 is 1.15 bits per heavy atom. The van der Waals surface area contributed by atoms with Gasteiger partial charge in [-0.3, -0.25) is 9.36 Å². The third-order valence-electron chi connectivity index (χ3n) is 4.22. The summed E-state index contributed by atoms with van der Waals surface area (Å²) >= 11 is 5.89. The molecule has 0 saturated carbocycles. The first-order valence-corrected chi connectivity index (χ1v) is 8.30. The Hall–Kier alpha value is -3.10. The van der Waals surface area contributed by atoms with Crippen LogP contribution in [0.3, 0.4) is 0 Å². The minimum absolute atomic E-state index is 0.236. The number of aromatic nitrogens is 2. The third-order valence-corrected chi connectivity index (χ3v) is 4.47. The van der Waals surface area contributed by atoms with Crippen LogP contribution >= 0.6 is 11.6 Å². The van der Waals surface area contributed by atoms with E-state index in [2.05, 4.69) is 16.8 Å². The summed E-state index contributed by atoms with van der Waals surface area (Å²) in [5, 5.41) is 0.649. The maximum Gasteiger partial charge on any atom is 0.256 e. The molecular weight excluding hydrogens is 353 g/mol. The molecule has 4 nitrogen and oxygen atoms in total. The summed E-state index contributed by atoms with van der Waals surface area (Å²) in [4.78, 5) is 18.5. The van der Waals surface area contributed by atoms with Crippen LogP contribution in [0.5, 0.6) is 0 Å². The number of halogens is 2. The zero-order valence-electron chi connectivity index (χ0n) is 13.8. The van der Waals surface area contributed by atoms with Crippen molar-refractivity contribution < 1.29 is 9.18 Å². The van der Waals surface area contributed by atoms with E-state index in [0.29, 0.717) is 28.5 Å². The molecule has 2 aromatic carbocycles. The Morgan fingerprint density at radius 3 is 2.69 bits per heavy atom. The second-order valence-electron chi connectivity index (χ2n) is 5.99. The van der Waals surface area contributed by atoms with Crippen molar-refractivity contribution in [3.8, 4) is 17.5 Å². The summed E-state index contributed by atoms with van der Waals surface area (Å²) in [6.07, 6.45) is 1.62. The smallest absolute Gasteiger partial charge is 0.256 e. The van der Waals surface area contributed by atoms with Gasteiger partial charge in [0.25, 0.3) is 5.91 Å². The molecular formula is C20H13ClFN3O. The van der Waals surface area contributed by atoms with Gasteiger partial charge in [0.2, 0.25) is 0 Å². The molecule has 3 aromatic rings. The zero-order chi connectivity index (χ0) is 18.3. The Labute approximate surface area is 154 Å². The third kappa shape index (κ3) is 2.85. The van der Waals surface area contributed by atoms with Crippen molar-refractivity contribution in [2.24, 2.45) is 0 Å². The van der Waals surface area contributed by atoms with Gasteiger partial charge in [-0.25, -0.2) is 9.37 Å². The Bertz CT molecular complexity index is 1080. The first-order chi connectivity index (χ1) is 12.5. The molecule has 1 aromatic heterocycles. The van der Waals surface area contributed by atoms with Crippen molar-refractivity contribution >= 4 is 17.5 Å². The van der Waals surface area contributed by atoms with Gasteiger partial charge in [0.1, 0.15) is 17.8 Å². The second-order valence-corrected chi connectivity index (χ2v) is 6.43. The molecule has 0 fully saturated rings. The fourth-order valence-electron chi connectivity index (χ4n) is 2.89. The second kappa shape index (κ2) is 6.32. The predicted octanol–water partition coefficient (Wildman–Crippen LogP) is 3.65. The van der Waals surface area contributed by atoms with E-state index in [0.717, 1.165) is 11.3 Å². The number of carbonyl (C=O) groups excluding carboxylic acids is 1. The van der Waals surface area contributed by atoms with Crippen LogP contribution in [0.4, 0.5) is 4.39 Å². The Balaban J connectivity index is 1.81. The summed E-state index contributed by atoms with van der Waals surface area (Å²) in [5.74, 6) is 5.43. The van der Waals surface area contributed by atoms with E-state index < -0.39 is 5.82 Å². The van der Waals surface area contributed by atoms with Gasteiger partial charge in [0.15, 0.2) is 0 Å². The minimum Gasteiger partial charge on any atom is -0.336 e. The molecule has 0 unspecified atom stereocenters. The predicted molar refractivity (Wildman–Crippen MR) is 96.8 cm³/mol. The van der Waals surface area contributed by atoms with Crippen LogP contribution in [0.15, 0.2) is 48.8 Å². The van der Waals surface area contributed by atoms with E-state index in [4.69, 9.17) is 11.6 Å². The number of benzene rings is 2. The van der Waals surface area contributed by atoms with Crippen molar-refractivity contribution in [1.82, 2.24) is 14.5 Å². The lowest BCUT2D eigenvalue weighted by atomic mass is 10.1. The largest absolute Gasteiger partial charge is 0.336 e. The van der Waals surface area contributed by atoms with Gasteiger partial charge < -0.3 is 4.90 Å². The molecule has 26 heavy (non-hydrogen) atoms. The average molecular weight is 366 g/mol. The molecule has 0 N–H and O–H groups in total. The number of amides is 1. The topological polar surface area (TPSA) is 38.1 Å². The number of nitrogens with zero attached hydrogens (tertiary/aromatic N) is 3. The molecule has 0 radical (unpaired) electrons. The molecule has 2 heterocycles.